The molecule has 0 aliphatic carbocycles. The van der Waals surface area contributed by atoms with E-state index in [0.717, 1.165) is 11.3 Å². The van der Waals surface area contributed by atoms with Crippen molar-refractivity contribution in [2.75, 3.05) is 11.2 Å². The lowest BCUT2D eigenvalue weighted by Crippen LogP contribution is -2.32. The lowest BCUT2D eigenvalue weighted by atomic mass is 10.3. The first-order chi connectivity index (χ1) is 11.0. The number of hydrazone groups is 1. The van der Waals surface area contributed by atoms with Crippen molar-refractivity contribution in [3.63, 3.8) is 0 Å². The van der Waals surface area contributed by atoms with Crippen LogP contribution in [0.2, 0.25) is 0 Å². The number of unbranched alkanes of at least 4 members (excludes halogenated alkanes) is 1. The molecule has 0 aliphatic rings. The number of aryl methyl sites for hydroxylation is 1. The Morgan fingerprint density at radius 1 is 1.09 bits per heavy atom. The van der Waals surface area contributed by atoms with Crippen LogP contribution >= 0.6 is 0 Å². The van der Waals surface area contributed by atoms with E-state index in [4.69, 9.17) is 4.55 Å². The zero-order chi connectivity index (χ0) is 16.5. The molecule has 2 rings (SSSR count). The number of nitrogens with zero attached hydrogens (tertiary/aromatic N) is 2. The van der Waals surface area contributed by atoms with E-state index in [2.05, 4.69) is 10.5 Å². The van der Waals surface area contributed by atoms with Crippen LogP contribution in [0, 0.1) is 0 Å². The van der Waals surface area contributed by atoms with Gasteiger partial charge in [-0.2, -0.15) is 13.5 Å². The van der Waals surface area contributed by atoms with Gasteiger partial charge < -0.3 is 0 Å². The highest BCUT2D eigenvalue weighted by molar-refractivity contribution is 7.85. The fourth-order valence-electron chi connectivity index (χ4n) is 1.98. The molecule has 0 spiro atoms. The van der Waals surface area contributed by atoms with E-state index >= 15 is 0 Å². The summed E-state index contributed by atoms with van der Waals surface area (Å²) in [4.78, 5) is 0. The lowest BCUT2D eigenvalue weighted by molar-refractivity contribution is -0.697. The minimum Gasteiger partial charge on any atom is -0.286 e. The summed E-state index contributed by atoms with van der Waals surface area (Å²) in [7, 11) is -3.85. The molecule has 1 aromatic heterocycles. The molecule has 0 fully saturated rings. The third-order valence-corrected chi connectivity index (χ3v) is 3.97. The van der Waals surface area contributed by atoms with Crippen LogP contribution in [0.3, 0.4) is 0 Å². The summed E-state index contributed by atoms with van der Waals surface area (Å²) in [6.45, 7) is 0.704. The van der Waals surface area contributed by atoms with Crippen LogP contribution in [0.4, 0.5) is 5.69 Å². The third-order valence-electron chi connectivity index (χ3n) is 3.17. The van der Waals surface area contributed by atoms with Crippen molar-refractivity contribution in [1.82, 2.24) is 0 Å². The minimum atomic E-state index is -3.85. The monoisotopic (exact) mass is 334 g/mol. The number of rotatable bonds is 8. The van der Waals surface area contributed by atoms with Crippen LogP contribution in [0.1, 0.15) is 18.4 Å². The van der Waals surface area contributed by atoms with Gasteiger partial charge in [0.1, 0.15) is 6.54 Å². The summed E-state index contributed by atoms with van der Waals surface area (Å²) in [6, 6.07) is 13.5. The highest BCUT2D eigenvalue weighted by atomic mass is 32.2. The van der Waals surface area contributed by atoms with Gasteiger partial charge in [-0.3, -0.25) is 9.98 Å². The maximum absolute atomic E-state index is 10.6. The minimum absolute atomic E-state index is 0.191. The average Bonchev–Trinajstić information content (AvgIpc) is 2.53. The predicted molar refractivity (Wildman–Crippen MR) is 89.9 cm³/mol. The van der Waals surface area contributed by atoms with Crippen LogP contribution in [-0.4, -0.2) is 24.9 Å². The fourth-order valence-corrected chi connectivity index (χ4v) is 2.55. The molecule has 0 radical (unpaired) electrons. The second-order valence-corrected chi connectivity index (χ2v) is 6.67. The maximum Gasteiger partial charge on any atom is 0.264 e. The number of para-hydroxylation sites is 1. The quantitative estimate of drug-likeness (QED) is 0.255. The van der Waals surface area contributed by atoms with Gasteiger partial charge in [0.25, 0.3) is 10.1 Å². The van der Waals surface area contributed by atoms with Gasteiger partial charge in [0.05, 0.1) is 17.7 Å². The van der Waals surface area contributed by atoms with E-state index in [9.17, 15) is 8.42 Å². The number of anilines is 1. The number of aromatic nitrogens is 1. The zero-order valence-corrected chi connectivity index (χ0v) is 13.5. The van der Waals surface area contributed by atoms with E-state index in [0.29, 0.717) is 19.4 Å². The van der Waals surface area contributed by atoms with Gasteiger partial charge in [-0.1, -0.05) is 18.2 Å². The third kappa shape index (κ3) is 7.03. The van der Waals surface area contributed by atoms with Crippen molar-refractivity contribution in [3.05, 3.63) is 60.4 Å². The molecular weight excluding hydrogens is 314 g/mol. The number of hydrogen-bond acceptors (Lipinski definition) is 4. The van der Waals surface area contributed by atoms with Crippen LogP contribution in [0.5, 0.6) is 0 Å². The summed E-state index contributed by atoms with van der Waals surface area (Å²) >= 11 is 0. The summed E-state index contributed by atoms with van der Waals surface area (Å²) in [5.74, 6) is -0.191. The molecule has 2 N–H and O–H groups in total. The first-order valence-corrected chi connectivity index (χ1v) is 8.92. The van der Waals surface area contributed by atoms with Gasteiger partial charge in [-0.25, -0.2) is 4.57 Å². The largest absolute Gasteiger partial charge is 0.286 e. The Bertz CT molecular complexity index is 729. The van der Waals surface area contributed by atoms with Crippen molar-refractivity contribution >= 4 is 22.0 Å². The topological polar surface area (TPSA) is 82.6 Å². The fraction of sp³-hybridized carbons (Fsp3) is 0.250. The smallest absolute Gasteiger partial charge is 0.264 e. The lowest BCUT2D eigenvalue weighted by Gasteiger charge is -1.99. The van der Waals surface area contributed by atoms with Gasteiger partial charge in [0, 0.05) is 24.1 Å². The number of pyridine rings is 1. The Hall–Kier alpha value is -2.25. The molecule has 7 heteroatoms. The molecule has 6 nitrogen and oxygen atoms in total. The van der Waals surface area contributed by atoms with Crippen LogP contribution in [0.15, 0.2) is 60.0 Å². The predicted octanol–water partition coefficient (Wildman–Crippen LogP) is 2.09. The Morgan fingerprint density at radius 2 is 1.78 bits per heavy atom. The maximum atomic E-state index is 10.6. The van der Waals surface area contributed by atoms with Gasteiger partial charge in [0.2, 0.25) is 0 Å². The second kappa shape index (κ2) is 8.40. The van der Waals surface area contributed by atoms with Crippen molar-refractivity contribution < 1.29 is 17.5 Å². The van der Waals surface area contributed by atoms with Crippen LogP contribution < -0.4 is 9.99 Å². The van der Waals surface area contributed by atoms with Crippen molar-refractivity contribution in [2.45, 2.75) is 19.4 Å². The first kappa shape index (κ1) is 17.1. The second-order valence-electron chi connectivity index (χ2n) is 5.10. The van der Waals surface area contributed by atoms with Crippen LogP contribution in [-0.2, 0) is 16.7 Å². The van der Waals surface area contributed by atoms with E-state index < -0.39 is 10.1 Å². The van der Waals surface area contributed by atoms with E-state index in [1.165, 1.54) is 0 Å². The van der Waals surface area contributed by atoms with E-state index in [-0.39, 0.29) is 5.75 Å². The van der Waals surface area contributed by atoms with Crippen molar-refractivity contribution in [2.24, 2.45) is 5.10 Å². The molecule has 0 aliphatic heterocycles. The van der Waals surface area contributed by atoms with Crippen molar-refractivity contribution in [3.8, 4) is 0 Å². The molecule has 0 saturated heterocycles. The summed E-state index contributed by atoms with van der Waals surface area (Å²) in [5.41, 5.74) is 4.83. The molecule has 0 saturated carbocycles. The molecule has 0 atom stereocenters. The number of nitrogens with one attached hydrogen (secondary N) is 1. The molecule has 23 heavy (non-hydrogen) atoms. The van der Waals surface area contributed by atoms with Gasteiger partial charge in [-0.15, -0.1) is 0 Å². The Labute approximate surface area is 136 Å². The highest BCUT2D eigenvalue weighted by Gasteiger charge is 2.05. The zero-order valence-electron chi connectivity index (χ0n) is 12.7. The van der Waals surface area contributed by atoms with E-state index in [1.54, 1.807) is 6.21 Å². The van der Waals surface area contributed by atoms with Gasteiger partial charge in [0.15, 0.2) is 12.4 Å². The first-order valence-electron chi connectivity index (χ1n) is 7.31. The SMILES string of the molecule is O=S(=O)(O)CCCC[n+]1ccc(C=NNc2ccccc2)cc1. The molecule has 122 valence electrons. The molecular formula is C16H20N3O3S+. The average molecular weight is 334 g/mol. The molecule has 0 amide bonds. The molecule has 2 aromatic rings. The Kier molecular flexibility index (Phi) is 6.25. The number of hydrogen-bond donors (Lipinski definition) is 2. The Morgan fingerprint density at radius 3 is 2.43 bits per heavy atom. The van der Waals surface area contributed by atoms with Gasteiger partial charge in [-0.05, 0) is 18.6 Å². The van der Waals surface area contributed by atoms with Crippen molar-refractivity contribution in [1.29, 1.82) is 0 Å². The normalized spacial score (nSPS) is 11.7. The van der Waals surface area contributed by atoms with Gasteiger partial charge >= 0.3 is 0 Å². The summed E-state index contributed by atoms with van der Waals surface area (Å²) in [6.07, 6.45) is 6.69. The standard InChI is InChI=1S/C16H19N3O3S/c20-23(21,22)13-5-4-10-19-11-8-15(9-12-19)14-17-18-16-6-2-1-3-7-16/h1-3,6-9,11-12,14H,4-5,10,13H2,(H,20,21,22)/p+1. The highest BCUT2D eigenvalue weighted by Crippen LogP contribution is 2.04. The molecule has 0 bridgehead atoms. The molecule has 0 unspecified atom stereocenters. The summed E-state index contributed by atoms with van der Waals surface area (Å²) in [5, 5.41) is 4.17. The molecule has 1 heterocycles. The number of benzene rings is 1. The Balaban J connectivity index is 1.78. The van der Waals surface area contributed by atoms with Crippen LogP contribution in [0.25, 0.3) is 0 Å². The van der Waals surface area contributed by atoms with E-state index in [1.807, 2.05) is 59.4 Å². The summed E-state index contributed by atoms with van der Waals surface area (Å²) < 4.78 is 31.9. The molecule has 1 aromatic carbocycles.